The molecule has 0 saturated heterocycles. The van der Waals surface area contributed by atoms with Crippen LogP contribution in [0.15, 0.2) is 12.3 Å². The Morgan fingerprint density at radius 2 is 2.62 bits per heavy atom. The molecule has 0 bridgehead atoms. The number of aliphatic hydroxyl groups is 1. The van der Waals surface area contributed by atoms with Crippen LogP contribution in [-0.2, 0) is 4.79 Å². The van der Waals surface area contributed by atoms with E-state index in [1.54, 1.807) is 0 Å². The first kappa shape index (κ1) is 5.11. The minimum Gasteiger partial charge on any atom is -0.379 e. The summed E-state index contributed by atoms with van der Waals surface area (Å²) in [5, 5.41) is 8.61. The van der Waals surface area contributed by atoms with E-state index in [1.807, 2.05) is 0 Å². The first-order chi connectivity index (χ1) is 3.80. The maximum absolute atomic E-state index is 10.3. The van der Waals surface area contributed by atoms with E-state index in [9.17, 15) is 4.79 Å². The van der Waals surface area contributed by atoms with Crippen LogP contribution in [-0.4, -0.2) is 17.1 Å². The molecule has 4 nitrogen and oxygen atoms in total. The van der Waals surface area contributed by atoms with Crippen molar-refractivity contribution < 1.29 is 9.90 Å². The van der Waals surface area contributed by atoms with Crippen molar-refractivity contribution in [2.24, 2.45) is 0 Å². The fourth-order valence-corrected chi connectivity index (χ4v) is 0.384. The fraction of sp³-hybridized carbons (Fsp3) is 0.250. The van der Waals surface area contributed by atoms with Gasteiger partial charge in [0, 0.05) is 6.20 Å². The summed E-state index contributed by atoms with van der Waals surface area (Å²) in [7, 11) is 0. The van der Waals surface area contributed by atoms with Crippen molar-refractivity contribution in [2.75, 3.05) is 0 Å². The van der Waals surface area contributed by atoms with Crippen LogP contribution < -0.4 is 10.9 Å². The van der Waals surface area contributed by atoms with E-state index in [4.69, 9.17) is 5.11 Å². The molecule has 1 unspecified atom stereocenters. The van der Waals surface area contributed by atoms with Gasteiger partial charge in [-0.3, -0.25) is 10.2 Å². The molecule has 0 aromatic rings. The van der Waals surface area contributed by atoms with Crippen LogP contribution in [0, 0.1) is 0 Å². The van der Waals surface area contributed by atoms with Crippen LogP contribution in [0.5, 0.6) is 0 Å². The minimum absolute atomic E-state index is 0.549. The maximum atomic E-state index is 10.3. The number of nitrogens with zero attached hydrogens (tertiary/aromatic N) is 1. The monoisotopic (exact) mass is 113 g/mol. The molecule has 4 heteroatoms. The van der Waals surface area contributed by atoms with Gasteiger partial charge in [-0.1, -0.05) is 0 Å². The average Bonchev–Trinajstić information content (AvgIpc) is 1.77. The molecule has 0 fully saturated rings. The highest BCUT2D eigenvalue weighted by molar-refractivity contribution is 5.82. The molecule has 0 aliphatic carbocycles. The van der Waals surface area contributed by atoms with Crippen molar-refractivity contribution in [1.82, 2.24) is 10.9 Å². The van der Waals surface area contributed by atoms with Crippen LogP contribution in [0.25, 0.3) is 0 Å². The molecule has 0 spiro atoms. The Labute approximate surface area is 46.2 Å². The van der Waals surface area contributed by atoms with Gasteiger partial charge in [-0.15, -0.1) is 5.43 Å². The fourth-order valence-electron chi connectivity index (χ4n) is 0.384. The molecule has 1 atom stereocenters. The standard InChI is InChI=1S/C4H5N2O2/c7-3-1-2-5-6-4(3)8/h1-3,5,7H. The third-order valence-electron chi connectivity index (χ3n) is 0.781. The third kappa shape index (κ3) is 0.788. The summed E-state index contributed by atoms with van der Waals surface area (Å²) in [4.78, 5) is 10.3. The Morgan fingerprint density at radius 3 is 3.00 bits per heavy atom. The van der Waals surface area contributed by atoms with Crippen molar-refractivity contribution in [3.8, 4) is 0 Å². The number of hydrogen-bond acceptors (Lipinski definition) is 3. The summed E-state index contributed by atoms with van der Waals surface area (Å²) in [6, 6.07) is 0. The summed E-state index contributed by atoms with van der Waals surface area (Å²) in [5.74, 6) is -0.549. The molecule has 1 amide bonds. The van der Waals surface area contributed by atoms with E-state index < -0.39 is 12.0 Å². The second kappa shape index (κ2) is 1.83. The third-order valence-corrected chi connectivity index (χ3v) is 0.781. The second-order valence-corrected chi connectivity index (χ2v) is 1.38. The highest BCUT2D eigenvalue weighted by atomic mass is 16.3. The molecule has 43 valence electrons. The van der Waals surface area contributed by atoms with Crippen LogP contribution in [0.1, 0.15) is 0 Å². The van der Waals surface area contributed by atoms with Gasteiger partial charge in [-0.25, -0.2) is 0 Å². The first-order valence-electron chi connectivity index (χ1n) is 2.15. The molecule has 1 aliphatic rings. The van der Waals surface area contributed by atoms with Crippen molar-refractivity contribution in [3.05, 3.63) is 12.3 Å². The Balaban J connectivity index is 2.60. The number of amides is 1. The van der Waals surface area contributed by atoms with Crippen LogP contribution >= 0.6 is 0 Å². The van der Waals surface area contributed by atoms with Crippen LogP contribution in [0.2, 0.25) is 0 Å². The normalized spacial score (nSPS) is 26.6. The summed E-state index contributed by atoms with van der Waals surface area (Å²) in [6.07, 6.45) is 1.69. The molecule has 0 aromatic heterocycles. The molecule has 0 saturated carbocycles. The molecule has 2 N–H and O–H groups in total. The molecule has 1 aliphatic heterocycles. The van der Waals surface area contributed by atoms with Gasteiger partial charge in [0.1, 0.15) is 0 Å². The van der Waals surface area contributed by atoms with E-state index >= 15 is 0 Å². The minimum atomic E-state index is -1.05. The van der Waals surface area contributed by atoms with E-state index in [2.05, 4.69) is 10.9 Å². The number of rotatable bonds is 0. The Morgan fingerprint density at radius 1 is 1.88 bits per heavy atom. The molecule has 0 aromatic carbocycles. The van der Waals surface area contributed by atoms with E-state index in [1.165, 1.54) is 12.3 Å². The molecule has 1 radical (unpaired) electrons. The average molecular weight is 113 g/mol. The SMILES string of the molecule is O=C1[N]NC=CC1O. The molecular weight excluding hydrogens is 108 g/mol. The van der Waals surface area contributed by atoms with Crippen molar-refractivity contribution in [1.29, 1.82) is 0 Å². The maximum Gasteiger partial charge on any atom is 0.295 e. The summed E-state index contributed by atoms with van der Waals surface area (Å²) >= 11 is 0. The lowest BCUT2D eigenvalue weighted by molar-refractivity contribution is -0.128. The number of carbonyl (C=O) groups excluding carboxylic acids is 1. The summed E-state index contributed by atoms with van der Waals surface area (Å²) in [6.45, 7) is 0. The highest BCUT2D eigenvalue weighted by Crippen LogP contribution is 1.88. The Kier molecular flexibility index (Phi) is 1.17. The molecular formula is C4H5N2O2. The van der Waals surface area contributed by atoms with Gasteiger partial charge in [-0.2, -0.15) is 0 Å². The number of carbonyl (C=O) groups is 1. The Hall–Kier alpha value is -1.03. The quantitative estimate of drug-likeness (QED) is 0.402. The lowest BCUT2D eigenvalue weighted by atomic mass is 10.3. The number of aliphatic hydroxyl groups excluding tert-OH is 1. The lowest BCUT2D eigenvalue weighted by Crippen LogP contribution is -2.38. The van der Waals surface area contributed by atoms with E-state index in [0.717, 1.165) is 0 Å². The zero-order valence-electron chi connectivity index (χ0n) is 4.03. The zero-order chi connectivity index (χ0) is 5.98. The van der Waals surface area contributed by atoms with Gasteiger partial charge in [-0.05, 0) is 6.08 Å². The van der Waals surface area contributed by atoms with Gasteiger partial charge in [0.15, 0.2) is 6.10 Å². The van der Waals surface area contributed by atoms with Gasteiger partial charge >= 0.3 is 0 Å². The first-order valence-corrected chi connectivity index (χ1v) is 2.15. The summed E-state index contributed by atoms with van der Waals surface area (Å²) in [5.41, 5.74) is 5.48. The van der Waals surface area contributed by atoms with Gasteiger partial charge in [0.2, 0.25) is 0 Å². The number of hydrogen-bond donors (Lipinski definition) is 2. The number of nitrogens with one attached hydrogen (secondary N) is 1. The molecule has 1 heterocycles. The van der Waals surface area contributed by atoms with Crippen molar-refractivity contribution in [2.45, 2.75) is 6.10 Å². The smallest absolute Gasteiger partial charge is 0.295 e. The highest BCUT2D eigenvalue weighted by Gasteiger charge is 2.14. The van der Waals surface area contributed by atoms with Gasteiger partial charge < -0.3 is 5.11 Å². The topological polar surface area (TPSA) is 63.4 Å². The second-order valence-electron chi connectivity index (χ2n) is 1.38. The molecule has 8 heavy (non-hydrogen) atoms. The van der Waals surface area contributed by atoms with Crippen molar-refractivity contribution in [3.63, 3.8) is 0 Å². The Bertz CT molecular complexity index is 132. The van der Waals surface area contributed by atoms with E-state index in [-0.39, 0.29) is 0 Å². The van der Waals surface area contributed by atoms with Crippen molar-refractivity contribution >= 4 is 5.91 Å². The predicted molar refractivity (Wildman–Crippen MR) is 25.4 cm³/mol. The van der Waals surface area contributed by atoms with Gasteiger partial charge in [0.05, 0.1) is 0 Å². The predicted octanol–water partition coefficient (Wildman–Crippen LogP) is -1.49. The van der Waals surface area contributed by atoms with Crippen LogP contribution in [0.4, 0.5) is 0 Å². The molecule has 1 rings (SSSR count). The summed E-state index contributed by atoms with van der Waals surface area (Å²) < 4.78 is 0. The van der Waals surface area contributed by atoms with E-state index in [0.29, 0.717) is 0 Å². The largest absolute Gasteiger partial charge is 0.379 e. The lowest BCUT2D eigenvalue weighted by Gasteiger charge is -2.08. The zero-order valence-corrected chi connectivity index (χ0v) is 4.03. The van der Waals surface area contributed by atoms with Crippen LogP contribution in [0.3, 0.4) is 0 Å². The van der Waals surface area contributed by atoms with Gasteiger partial charge in [0.25, 0.3) is 5.91 Å².